The summed E-state index contributed by atoms with van der Waals surface area (Å²) in [5, 5.41) is 3.00. The molecule has 1 saturated heterocycles. The first-order valence-electron chi connectivity index (χ1n) is 10.7. The summed E-state index contributed by atoms with van der Waals surface area (Å²) in [4.78, 5) is 16.5. The summed E-state index contributed by atoms with van der Waals surface area (Å²) in [5.74, 6) is 1.52. The molecule has 160 valence electrons. The SMILES string of the molecule is COc1ccc(C2CNC(=O)N2Cc2ccc(N(C)C)cc2)cc1OC1CCCC1. The summed E-state index contributed by atoms with van der Waals surface area (Å²) in [6.07, 6.45) is 4.86. The Morgan fingerprint density at radius 3 is 2.47 bits per heavy atom. The first-order chi connectivity index (χ1) is 14.5. The number of urea groups is 1. The van der Waals surface area contributed by atoms with Crippen molar-refractivity contribution in [2.45, 2.75) is 44.4 Å². The van der Waals surface area contributed by atoms with Crippen LogP contribution in [0.5, 0.6) is 11.5 Å². The van der Waals surface area contributed by atoms with Crippen LogP contribution in [0.2, 0.25) is 0 Å². The predicted octanol–water partition coefficient (Wildman–Crippen LogP) is 4.35. The molecule has 4 rings (SSSR count). The number of hydrogen-bond acceptors (Lipinski definition) is 4. The van der Waals surface area contributed by atoms with Crippen LogP contribution in [0.15, 0.2) is 42.5 Å². The number of carbonyl (C=O) groups excluding carboxylic acids is 1. The van der Waals surface area contributed by atoms with Gasteiger partial charge in [-0.05, 0) is 61.1 Å². The van der Waals surface area contributed by atoms with E-state index in [1.165, 1.54) is 12.8 Å². The Labute approximate surface area is 178 Å². The Kier molecular flexibility index (Phi) is 6.02. The molecule has 2 amide bonds. The summed E-state index contributed by atoms with van der Waals surface area (Å²) >= 11 is 0. The van der Waals surface area contributed by atoms with E-state index in [0.29, 0.717) is 13.1 Å². The van der Waals surface area contributed by atoms with Crippen molar-refractivity contribution in [1.82, 2.24) is 10.2 Å². The summed E-state index contributed by atoms with van der Waals surface area (Å²) in [5.41, 5.74) is 3.32. The number of methoxy groups -OCH3 is 1. The molecule has 2 aliphatic rings. The third kappa shape index (κ3) is 4.32. The van der Waals surface area contributed by atoms with E-state index < -0.39 is 0 Å². The molecular weight excluding hydrogens is 378 g/mol. The van der Waals surface area contributed by atoms with Crippen molar-refractivity contribution in [1.29, 1.82) is 0 Å². The van der Waals surface area contributed by atoms with Gasteiger partial charge in [-0.1, -0.05) is 18.2 Å². The minimum Gasteiger partial charge on any atom is -0.493 e. The number of anilines is 1. The molecule has 1 N–H and O–H groups in total. The first-order valence-corrected chi connectivity index (χ1v) is 10.7. The van der Waals surface area contributed by atoms with E-state index in [1.807, 2.05) is 37.2 Å². The molecule has 0 aromatic heterocycles. The molecule has 0 spiro atoms. The van der Waals surface area contributed by atoms with Gasteiger partial charge in [-0.25, -0.2) is 4.79 Å². The molecule has 1 saturated carbocycles. The lowest BCUT2D eigenvalue weighted by atomic mass is 10.0. The Morgan fingerprint density at radius 2 is 1.80 bits per heavy atom. The molecule has 1 unspecified atom stereocenters. The van der Waals surface area contributed by atoms with E-state index in [0.717, 1.165) is 41.2 Å². The fraction of sp³-hybridized carbons (Fsp3) is 0.458. The van der Waals surface area contributed by atoms with Gasteiger partial charge in [-0.2, -0.15) is 0 Å². The Bertz CT molecular complexity index is 876. The van der Waals surface area contributed by atoms with Gasteiger partial charge in [0.25, 0.3) is 0 Å². The van der Waals surface area contributed by atoms with Gasteiger partial charge in [0.1, 0.15) is 0 Å². The van der Waals surface area contributed by atoms with Gasteiger partial charge < -0.3 is 24.6 Å². The average Bonchev–Trinajstić information content (AvgIpc) is 3.39. The maximum Gasteiger partial charge on any atom is 0.318 e. The second-order valence-corrected chi connectivity index (χ2v) is 8.33. The minimum absolute atomic E-state index is 0.0363. The predicted molar refractivity (Wildman–Crippen MR) is 118 cm³/mol. The summed E-state index contributed by atoms with van der Waals surface area (Å²) in [6, 6.07) is 14.3. The standard InChI is InChI=1S/C24H31N3O3/c1-26(2)19-11-8-17(9-12-19)16-27-21(15-25-24(27)28)18-10-13-22(29-3)23(14-18)30-20-6-4-5-7-20/h8-14,20-21H,4-7,15-16H2,1-3H3,(H,25,28). The van der Waals surface area contributed by atoms with Gasteiger partial charge in [0, 0.05) is 32.9 Å². The smallest absolute Gasteiger partial charge is 0.318 e. The number of carbonyl (C=O) groups is 1. The van der Waals surface area contributed by atoms with Crippen LogP contribution in [0.25, 0.3) is 0 Å². The Hall–Kier alpha value is -2.89. The minimum atomic E-state index is -0.0390. The van der Waals surface area contributed by atoms with Gasteiger partial charge in [0.05, 0.1) is 19.3 Å². The number of ether oxygens (including phenoxy) is 2. The lowest BCUT2D eigenvalue weighted by Crippen LogP contribution is -2.29. The zero-order valence-electron chi connectivity index (χ0n) is 18.1. The summed E-state index contributed by atoms with van der Waals surface area (Å²) in [7, 11) is 5.71. The second kappa shape index (κ2) is 8.86. The fourth-order valence-corrected chi connectivity index (χ4v) is 4.29. The van der Waals surface area contributed by atoms with Crippen LogP contribution < -0.4 is 19.7 Å². The highest BCUT2D eigenvalue weighted by Gasteiger charge is 2.32. The highest BCUT2D eigenvalue weighted by Crippen LogP contribution is 2.36. The van der Waals surface area contributed by atoms with Crippen LogP contribution in [0.4, 0.5) is 10.5 Å². The van der Waals surface area contributed by atoms with Gasteiger partial charge >= 0.3 is 6.03 Å². The van der Waals surface area contributed by atoms with Crippen LogP contribution in [0, 0.1) is 0 Å². The van der Waals surface area contributed by atoms with Crippen molar-refractivity contribution in [3.05, 3.63) is 53.6 Å². The average molecular weight is 410 g/mol. The second-order valence-electron chi connectivity index (χ2n) is 8.33. The number of rotatable bonds is 7. The van der Waals surface area contributed by atoms with E-state index in [-0.39, 0.29) is 18.2 Å². The molecule has 1 aliphatic carbocycles. The topological polar surface area (TPSA) is 54.0 Å². The fourth-order valence-electron chi connectivity index (χ4n) is 4.29. The number of nitrogens with zero attached hydrogens (tertiary/aromatic N) is 2. The van der Waals surface area contributed by atoms with E-state index in [2.05, 4.69) is 34.5 Å². The van der Waals surface area contributed by atoms with Crippen molar-refractivity contribution in [2.24, 2.45) is 0 Å². The number of benzene rings is 2. The van der Waals surface area contributed by atoms with Crippen LogP contribution in [0.3, 0.4) is 0 Å². The van der Waals surface area contributed by atoms with E-state index >= 15 is 0 Å². The molecule has 0 radical (unpaired) electrons. The zero-order valence-corrected chi connectivity index (χ0v) is 18.1. The lowest BCUT2D eigenvalue weighted by molar-refractivity contribution is 0.196. The third-order valence-electron chi connectivity index (χ3n) is 6.06. The molecule has 6 heteroatoms. The van der Waals surface area contributed by atoms with Crippen molar-refractivity contribution >= 4 is 11.7 Å². The molecule has 2 fully saturated rings. The van der Waals surface area contributed by atoms with E-state index in [1.54, 1.807) is 7.11 Å². The van der Waals surface area contributed by atoms with Crippen molar-refractivity contribution in [3.8, 4) is 11.5 Å². The molecule has 2 aromatic carbocycles. The van der Waals surface area contributed by atoms with Crippen molar-refractivity contribution in [3.63, 3.8) is 0 Å². The van der Waals surface area contributed by atoms with Crippen LogP contribution in [-0.2, 0) is 6.54 Å². The number of amides is 2. The van der Waals surface area contributed by atoms with Crippen molar-refractivity contribution in [2.75, 3.05) is 32.6 Å². The van der Waals surface area contributed by atoms with E-state index in [4.69, 9.17) is 9.47 Å². The maximum atomic E-state index is 12.6. The third-order valence-corrected chi connectivity index (χ3v) is 6.06. The van der Waals surface area contributed by atoms with Gasteiger partial charge in [-0.3, -0.25) is 0 Å². The largest absolute Gasteiger partial charge is 0.493 e. The number of hydrogen-bond donors (Lipinski definition) is 1. The molecule has 30 heavy (non-hydrogen) atoms. The molecule has 1 heterocycles. The van der Waals surface area contributed by atoms with Gasteiger partial charge in [-0.15, -0.1) is 0 Å². The molecule has 6 nitrogen and oxygen atoms in total. The zero-order chi connectivity index (χ0) is 21.1. The molecule has 1 aliphatic heterocycles. The Morgan fingerprint density at radius 1 is 1.07 bits per heavy atom. The van der Waals surface area contributed by atoms with E-state index in [9.17, 15) is 4.79 Å². The summed E-state index contributed by atoms with van der Waals surface area (Å²) < 4.78 is 11.8. The molecule has 1 atom stereocenters. The monoisotopic (exact) mass is 409 g/mol. The summed E-state index contributed by atoms with van der Waals surface area (Å²) in [6.45, 7) is 1.15. The van der Waals surface area contributed by atoms with Gasteiger partial charge in [0.2, 0.25) is 0 Å². The quantitative estimate of drug-likeness (QED) is 0.739. The lowest BCUT2D eigenvalue weighted by Gasteiger charge is -2.25. The Balaban J connectivity index is 1.54. The van der Waals surface area contributed by atoms with Crippen LogP contribution in [-0.4, -0.2) is 44.8 Å². The molecule has 2 aromatic rings. The normalized spacial score (nSPS) is 19.1. The molecule has 0 bridgehead atoms. The van der Waals surface area contributed by atoms with Crippen LogP contribution >= 0.6 is 0 Å². The first kappa shape index (κ1) is 20.4. The highest BCUT2D eigenvalue weighted by molar-refractivity contribution is 5.77. The maximum absolute atomic E-state index is 12.6. The van der Waals surface area contributed by atoms with Crippen molar-refractivity contribution < 1.29 is 14.3 Å². The van der Waals surface area contributed by atoms with Gasteiger partial charge in [0.15, 0.2) is 11.5 Å². The highest BCUT2D eigenvalue weighted by atomic mass is 16.5. The van der Waals surface area contributed by atoms with Crippen LogP contribution in [0.1, 0.15) is 42.9 Å². The molecular formula is C24H31N3O3. The number of nitrogens with one attached hydrogen (secondary N) is 1.